The van der Waals surface area contributed by atoms with Crippen LogP contribution in [0.3, 0.4) is 0 Å². The highest BCUT2D eigenvalue weighted by atomic mass is 16.5. The van der Waals surface area contributed by atoms with E-state index in [4.69, 9.17) is 4.74 Å². The van der Waals surface area contributed by atoms with Crippen molar-refractivity contribution < 1.29 is 9.53 Å². The highest BCUT2D eigenvalue weighted by molar-refractivity contribution is 5.97. The number of hydrogen-bond acceptors (Lipinski definition) is 4. The van der Waals surface area contributed by atoms with Gasteiger partial charge in [-0.2, -0.15) is 0 Å². The van der Waals surface area contributed by atoms with E-state index in [1.54, 1.807) is 0 Å². The summed E-state index contributed by atoms with van der Waals surface area (Å²) in [6, 6.07) is 6.14. The van der Waals surface area contributed by atoms with Gasteiger partial charge in [0.05, 0.1) is 18.4 Å². The number of rotatable bonds is 3. The van der Waals surface area contributed by atoms with Crippen LogP contribution in [0.2, 0.25) is 0 Å². The van der Waals surface area contributed by atoms with Crippen LogP contribution in [0, 0.1) is 0 Å². The van der Waals surface area contributed by atoms with Crippen LogP contribution in [-0.2, 0) is 4.74 Å². The largest absolute Gasteiger partial charge is 0.465 e. The first kappa shape index (κ1) is 11.4. The minimum atomic E-state index is -0.237. The molecule has 3 rings (SSSR count). The molecule has 18 heavy (non-hydrogen) atoms. The summed E-state index contributed by atoms with van der Waals surface area (Å²) in [7, 11) is 1.44. The highest BCUT2D eigenvalue weighted by Crippen LogP contribution is 2.31. The number of nitrogens with zero attached hydrogens (tertiary/aromatic N) is 2. The molecule has 2 fully saturated rings. The molecular formula is C14H18N2O2. The van der Waals surface area contributed by atoms with Crippen molar-refractivity contribution in [1.82, 2.24) is 0 Å². The maximum Gasteiger partial charge on any atom is 0.340 e. The number of esters is 1. The lowest BCUT2D eigenvalue weighted by atomic mass is 10.1. The zero-order chi connectivity index (χ0) is 12.5. The summed E-state index contributed by atoms with van der Waals surface area (Å²) in [6.07, 6.45) is 2.44. The maximum atomic E-state index is 11.9. The Morgan fingerprint density at radius 3 is 2.28 bits per heavy atom. The Morgan fingerprint density at radius 1 is 1.11 bits per heavy atom. The Hall–Kier alpha value is -1.71. The van der Waals surface area contributed by atoms with Gasteiger partial charge in [0.15, 0.2) is 0 Å². The first-order valence-corrected chi connectivity index (χ1v) is 6.52. The lowest BCUT2D eigenvalue weighted by Gasteiger charge is -2.36. The average molecular weight is 246 g/mol. The molecule has 2 aliphatic rings. The van der Waals surface area contributed by atoms with Gasteiger partial charge >= 0.3 is 5.97 Å². The van der Waals surface area contributed by atoms with Crippen LogP contribution in [0.4, 0.5) is 11.4 Å². The van der Waals surface area contributed by atoms with Gasteiger partial charge in [0, 0.05) is 31.9 Å². The second kappa shape index (κ2) is 4.52. The second-order valence-electron chi connectivity index (χ2n) is 4.87. The smallest absolute Gasteiger partial charge is 0.340 e. The molecule has 4 heteroatoms. The van der Waals surface area contributed by atoms with Crippen molar-refractivity contribution in [2.45, 2.75) is 12.8 Å². The van der Waals surface area contributed by atoms with E-state index >= 15 is 0 Å². The number of methoxy groups -OCH3 is 1. The summed E-state index contributed by atoms with van der Waals surface area (Å²) in [5.41, 5.74) is 2.84. The molecule has 0 unspecified atom stereocenters. The molecule has 0 N–H and O–H groups in total. The number of carbonyl (C=O) groups excluding carboxylic acids is 1. The van der Waals surface area contributed by atoms with Gasteiger partial charge in [-0.25, -0.2) is 4.79 Å². The molecule has 96 valence electrons. The molecule has 0 bridgehead atoms. The predicted molar refractivity (Wildman–Crippen MR) is 71.4 cm³/mol. The normalized spacial score (nSPS) is 18.1. The van der Waals surface area contributed by atoms with E-state index in [1.165, 1.54) is 20.0 Å². The Balaban J connectivity index is 1.94. The molecule has 0 radical (unpaired) electrons. The van der Waals surface area contributed by atoms with E-state index in [9.17, 15) is 4.79 Å². The summed E-state index contributed by atoms with van der Waals surface area (Å²) in [6.45, 7) is 4.24. The van der Waals surface area contributed by atoms with Crippen LogP contribution in [0.1, 0.15) is 23.2 Å². The van der Waals surface area contributed by atoms with Crippen LogP contribution < -0.4 is 9.80 Å². The molecule has 2 heterocycles. The van der Waals surface area contributed by atoms with Crippen molar-refractivity contribution in [3.63, 3.8) is 0 Å². The molecule has 4 nitrogen and oxygen atoms in total. The Labute approximate surface area is 107 Å². The van der Waals surface area contributed by atoms with Gasteiger partial charge in [-0.15, -0.1) is 0 Å². The third-order valence-corrected chi connectivity index (χ3v) is 3.80. The van der Waals surface area contributed by atoms with Crippen molar-refractivity contribution in [3.8, 4) is 0 Å². The second-order valence-corrected chi connectivity index (χ2v) is 4.87. The lowest BCUT2D eigenvalue weighted by Crippen LogP contribution is -2.39. The lowest BCUT2D eigenvalue weighted by molar-refractivity contribution is 0.0601. The van der Waals surface area contributed by atoms with E-state index < -0.39 is 0 Å². The molecule has 0 aromatic heterocycles. The standard InChI is InChI=1S/C14H18N2O2/c1-18-14(17)12-10-11(15-6-2-7-15)4-5-13(12)16-8-3-9-16/h4-5,10H,2-3,6-9H2,1H3. The van der Waals surface area contributed by atoms with Crippen LogP contribution in [-0.4, -0.2) is 39.3 Å². The summed E-state index contributed by atoms with van der Waals surface area (Å²) >= 11 is 0. The van der Waals surface area contributed by atoms with Crippen LogP contribution in [0.5, 0.6) is 0 Å². The zero-order valence-corrected chi connectivity index (χ0v) is 10.7. The van der Waals surface area contributed by atoms with Crippen molar-refractivity contribution in [3.05, 3.63) is 23.8 Å². The van der Waals surface area contributed by atoms with Crippen molar-refractivity contribution in [1.29, 1.82) is 0 Å². The highest BCUT2D eigenvalue weighted by Gasteiger charge is 2.23. The SMILES string of the molecule is COC(=O)c1cc(N2CCC2)ccc1N1CCC1. The molecule has 1 aromatic rings. The van der Waals surface area contributed by atoms with Gasteiger partial charge in [-0.05, 0) is 31.0 Å². The quantitative estimate of drug-likeness (QED) is 0.763. The number of ether oxygens (including phenoxy) is 1. The van der Waals surface area contributed by atoms with Gasteiger partial charge in [0.25, 0.3) is 0 Å². The summed E-state index contributed by atoms with van der Waals surface area (Å²) < 4.78 is 4.90. The van der Waals surface area contributed by atoms with E-state index in [-0.39, 0.29) is 5.97 Å². The van der Waals surface area contributed by atoms with Crippen molar-refractivity contribution >= 4 is 17.3 Å². The molecule has 0 atom stereocenters. The third kappa shape index (κ3) is 1.82. The van der Waals surface area contributed by atoms with Crippen LogP contribution >= 0.6 is 0 Å². The number of hydrogen-bond donors (Lipinski definition) is 0. The zero-order valence-electron chi connectivity index (χ0n) is 10.7. The van der Waals surface area contributed by atoms with E-state index in [0.29, 0.717) is 5.56 Å². The Morgan fingerprint density at radius 2 is 1.78 bits per heavy atom. The van der Waals surface area contributed by atoms with Gasteiger partial charge in [-0.3, -0.25) is 0 Å². The number of benzene rings is 1. The Bertz CT molecular complexity index is 465. The molecule has 0 saturated carbocycles. The molecule has 1 aromatic carbocycles. The fourth-order valence-corrected chi connectivity index (χ4v) is 2.40. The first-order valence-electron chi connectivity index (χ1n) is 6.52. The topological polar surface area (TPSA) is 32.8 Å². The number of carbonyl (C=O) groups is 1. The fourth-order valence-electron chi connectivity index (χ4n) is 2.40. The maximum absolute atomic E-state index is 11.9. The number of anilines is 2. The molecule has 0 aliphatic carbocycles. The molecule has 2 saturated heterocycles. The van der Waals surface area contributed by atoms with E-state index in [1.807, 2.05) is 6.07 Å². The monoisotopic (exact) mass is 246 g/mol. The fraction of sp³-hybridized carbons (Fsp3) is 0.500. The minimum absolute atomic E-state index is 0.237. The van der Waals surface area contributed by atoms with Crippen LogP contribution in [0.15, 0.2) is 18.2 Å². The average Bonchev–Trinajstić information content (AvgIpc) is 2.25. The summed E-state index contributed by atoms with van der Waals surface area (Å²) in [4.78, 5) is 16.4. The van der Waals surface area contributed by atoms with Gasteiger partial charge in [-0.1, -0.05) is 0 Å². The summed E-state index contributed by atoms with van der Waals surface area (Å²) in [5.74, 6) is -0.237. The van der Waals surface area contributed by atoms with E-state index in [2.05, 4.69) is 21.9 Å². The molecule has 2 aliphatic heterocycles. The van der Waals surface area contributed by atoms with Gasteiger partial charge in [0.2, 0.25) is 0 Å². The van der Waals surface area contributed by atoms with Crippen molar-refractivity contribution in [2.75, 3.05) is 43.1 Å². The molecule has 0 amide bonds. The van der Waals surface area contributed by atoms with Crippen molar-refractivity contribution in [2.24, 2.45) is 0 Å². The first-order chi connectivity index (χ1) is 8.79. The summed E-state index contributed by atoms with van der Waals surface area (Å²) in [5, 5.41) is 0. The van der Waals surface area contributed by atoms with E-state index in [0.717, 1.165) is 37.6 Å². The van der Waals surface area contributed by atoms with Gasteiger partial charge < -0.3 is 14.5 Å². The molecular weight excluding hydrogens is 228 g/mol. The third-order valence-electron chi connectivity index (χ3n) is 3.80. The molecule has 0 spiro atoms. The minimum Gasteiger partial charge on any atom is -0.465 e. The van der Waals surface area contributed by atoms with Gasteiger partial charge in [0.1, 0.15) is 0 Å². The predicted octanol–water partition coefficient (Wildman–Crippen LogP) is 1.89. The Kier molecular flexibility index (Phi) is 2.86. The van der Waals surface area contributed by atoms with Crippen LogP contribution in [0.25, 0.3) is 0 Å².